The quantitative estimate of drug-likeness (QED) is 0.829. The van der Waals surface area contributed by atoms with Gasteiger partial charge in [-0.15, -0.1) is 0 Å². The van der Waals surface area contributed by atoms with Crippen molar-refractivity contribution in [3.63, 3.8) is 0 Å². The van der Waals surface area contributed by atoms with Crippen LogP contribution < -0.4 is 10.6 Å². The third-order valence-electron chi connectivity index (χ3n) is 3.27. The van der Waals surface area contributed by atoms with Crippen LogP contribution in [0.1, 0.15) is 18.4 Å². The first kappa shape index (κ1) is 12.8. The van der Waals surface area contributed by atoms with Gasteiger partial charge in [-0.25, -0.2) is 0 Å². The van der Waals surface area contributed by atoms with Crippen molar-refractivity contribution in [2.45, 2.75) is 32.0 Å². The summed E-state index contributed by atoms with van der Waals surface area (Å²) >= 11 is 0. The number of aryl methyl sites for hydroxylation is 1. The summed E-state index contributed by atoms with van der Waals surface area (Å²) in [5.41, 5.74) is 2.14. The summed E-state index contributed by atoms with van der Waals surface area (Å²) in [6, 6.07) is 2.47. The molecule has 6 nitrogen and oxygen atoms in total. The second-order valence-electron chi connectivity index (χ2n) is 5.31. The molecule has 0 radical (unpaired) electrons. The van der Waals surface area contributed by atoms with Crippen molar-refractivity contribution >= 4 is 11.6 Å². The standard InChI is InChI=1S/C14H19N5O/c1-18-5-4-11(8-18)6-15-13-7-16-19(9-13)10-14(20)17-12-2-3-12/h4-5,7-9,12,15H,2-3,6,10H2,1H3,(H,17,20). The number of hydrogen-bond donors (Lipinski definition) is 2. The van der Waals surface area contributed by atoms with E-state index in [2.05, 4.69) is 28.0 Å². The van der Waals surface area contributed by atoms with Crippen molar-refractivity contribution in [1.29, 1.82) is 0 Å². The lowest BCUT2D eigenvalue weighted by atomic mass is 10.3. The Labute approximate surface area is 117 Å². The van der Waals surface area contributed by atoms with Crippen LogP contribution in [0.25, 0.3) is 0 Å². The predicted octanol–water partition coefficient (Wildman–Crippen LogP) is 1.11. The molecule has 6 heteroatoms. The lowest BCUT2D eigenvalue weighted by Crippen LogP contribution is -2.29. The highest BCUT2D eigenvalue weighted by atomic mass is 16.2. The van der Waals surface area contributed by atoms with E-state index < -0.39 is 0 Å². The molecule has 0 bridgehead atoms. The second kappa shape index (κ2) is 5.40. The number of anilines is 1. The fraction of sp³-hybridized carbons (Fsp3) is 0.429. The maximum atomic E-state index is 11.7. The van der Waals surface area contributed by atoms with Gasteiger partial charge in [-0.05, 0) is 24.5 Å². The van der Waals surface area contributed by atoms with Crippen LogP contribution >= 0.6 is 0 Å². The summed E-state index contributed by atoms with van der Waals surface area (Å²) in [7, 11) is 2.00. The number of carbonyl (C=O) groups excluding carboxylic acids is 1. The molecule has 1 saturated carbocycles. The van der Waals surface area contributed by atoms with Gasteiger partial charge >= 0.3 is 0 Å². The normalized spacial score (nSPS) is 14.2. The molecular formula is C14H19N5O. The Hall–Kier alpha value is -2.24. The summed E-state index contributed by atoms with van der Waals surface area (Å²) in [5, 5.41) is 10.4. The van der Waals surface area contributed by atoms with E-state index in [1.54, 1.807) is 10.9 Å². The monoisotopic (exact) mass is 273 g/mol. The van der Waals surface area contributed by atoms with Gasteiger partial charge in [0, 0.05) is 38.2 Å². The fourth-order valence-corrected chi connectivity index (χ4v) is 2.06. The van der Waals surface area contributed by atoms with E-state index >= 15 is 0 Å². The number of carbonyl (C=O) groups is 1. The van der Waals surface area contributed by atoms with Gasteiger partial charge in [0.15, 0.2) is 0 Å². The SMILES string of the molecule is Cn1ccc(CNc2cnn(CC(=O)NC3CC3)c2)c1. The van der Waals surface area contributed by atoms with Crippen LogP contribution in [0.2, 0.25) is 0 Å². The van der Waals surface area contributed by atoms with Crippen LogP contribution in [-0.4, -0.2) is 26.3 Å². The molecule has 0 spiro atoms. The van der Waals surface area contributed by atoms with E-state index in [9.17, 15) is 4.79 Å². The zero-order valence-electron chi connectivity index (χ0n) is 11.5. The Morgan fingerprint density at radius 3 is 3.00 bits per heavy atom. The van der Waals surface area contributed by atoms with E-state index in [-0.39, 0.29) is 12.5 Å². The van der Waals surface area contributed by atoms with E-state index in [1.165, 1.54) is 5.56 Å². The van der Waals surface area contributed by atoms with Gasteiger partial charge in [0.2, 0.25) is 5.91 Å². The third-order valence-corrected chi connectivity index (χ3v) is 3.27. The van der Waals surface area contributed by atoms with E-state index in [0.29, 0.717) is 6.04 Å². The highest BCUT2D eigenvalue weighted by Gasteiger charge is 2.23. The number of hydrogen-bond acceptors (Lipinski definition) is 3. The molecule has 2 N–H and O–H groups in total. The van der Waals surface area contributed by atoms with Gasteiger partial charge in [-0.1, -0.05) is 0 Å². The highest BCUT2D eigenvalue weighted by Crippen LogP contribution is 2.18. The summed E-state index contributed by atoms with van der Waals surface area (Å²) < 4.78 is 3.67. The molecule has 106 valence electrons. The summed E-state index contributed by atoms with van der Waals surface area (Å²) in [5.74, 6) is 0.0326. The molecule has 3 rings (SSSR count). The molecule has 1 aliphatic carbocycles. The molecule has 0 aliphatic heterocycles. The van der Waals surface area contributed by atoms with Crippen molar-refractivity contribution in [2.24, 2.45) is 7.05 Å². The maximum absolute atomic E-state index is 11.7. The zero-order valence-corrected chi connectivity index (χ0v) is 11.5. The molecular weight excluding hydrogens is 254 g/mol. The van der Waals surface area contributed by atoms with E-state index in [1.807, 2.05) is 24.0 Å². The second-order valence-corrected chi connectivity index (χ2v) is 5.31. The first-order chi connectivity index (χ1) is 9.69. The van der Waals surface area contributed by atoms with Crippen molar-refractivity contribution in [2.75, 3.05) is 5.32 Å². The minimum atomic E-state index is 0.0326. The lowest BCUT2D eigenvalue weighted by molar-refractivity contribution is -0.122. The molecule has 1 aliphatic rings. The molecule has 2 heterocycles. The molecule has 1 amide bonds. The molecule has 2 aromatic rings. The first-order valence-corrected chi connectivity index (χ1v) is 6.85. The molecule has 20 heavy (non-hydrogen) atoms. The van der Waals surface area contributed by atoms with Gasteiger partial charge < -0.3 is 15.2 Å². The number of aromatic nitrogens is 3. The topological polar surface area (TPSA) is 63.9 Å². The van der Waals surface area contributed by atoms with Gasteiger partial charge in [-0.3, -0.25) is 9.48 Å². The van der Waals surface area contributed by atoms with Crippen LogP contribution in [0.3, 0.4) is 0 Å². The Morgan fingerprint density at radius 1 is 1.45 bits per heavy atom. The van der Waals surface area contributed by atoms with Crippen LogP contribution in [0.5, 0.6) is 0 Å². The Kier molecular flexibility index (Phi) is 3.45. The molecule has 0 aromatic carbocycles. The lowest BCUT2D eigenvalue weighted by Gasteiger charge is -2.03. The van der Waals surface area contributed by atoms with Crippen LogP contribution in [0, 0.1) is 0 Å². The Bertz CT molecular complexity index is 596. The summed E-state index contributed by atoms with van der Waals surface area (Å²) in [6.07, 6.45) is 9.90. The maximum Gasteiger partial charge on any atom is 0.241 e. The number of nitrogens with one attached hydrogen (secondary N) is 2. The minimum absolute atomic E-state index is 0.0326. The predicted molar refractivity (Wildman–Crippen MR) is 76.1 cm³/mol. The average molecular weight is 273 g/mol. The Morgan fingerprint density at radius 2 is 2.30 bits per heavy atom. The molecule has 0 atom stereocenters. The largest absolute Gasteiger partial charge is 0.378 e. The van der Waals surface area contributed by atoms with Gasteiger partial charge in [0.1, 0.15) is 6.54 Å². The van der Waals surface area contributed by atoms with Crippen LogP contribution in [-0.2, 0) is 24.9 Å². The highest BCUT2D eigenvalue weighted by molar-refractivity contribution is 5.76. The van der Waals surface area contributed by atoms with Gasteiger partial charge in [-0.2, -0.15) is 5.10 Å². The molecule has 1 fully saturated rings. The van der Waals surface area contributed by atoms with Gasteiger partial charge in [0.25, 0.3) is 0 Å². The number of rotatable bonds is 6. The summed E-state index contributed by atoms with van der Waals surface area (Å²) in [6.45, 7) is 1.03. The van der Waals surface area contributed by atoms with Crippen molar-refractivity contribution in [3.05, 3.63) is 36.4 Å². The van der Waals surface area contributed by atoms with Crippen molar-refractivity contribution in [3.8, 4) is 0 Å². The number of nitrogens with zero attached hydrogens (tertiary/aromatic N) is 3. The summed E-state index contributed by atoms with van der Waals surface area (Å²) in [4.78, 5) is 11.7. The molecule has 0 unspecified atom stereocenters. The molecule has 2 aromatic heterocycles. The van der Waals surface area contributed by atoms with E-state index in [4.69, 9.17) is 0 Å². The minimum Gasteiger partial charge on any atom is -0.378 e. The first-order valence-electron chi connectivity index (χ1n) is 6.85. The van der Waals surface area contributed by atoms with Crippen molar-refractivity contribution < 1.29 is 4.79 Å². The third kappa shape index (κ3) is 3.40. The molecule has 0 saturated heterocycles. The van der Waals surface area contributed by atoms with Crippen LogP contribution in [0.15, 0.2) is 30.9 Å². The fourth-order valence-electron chi connectivity index (χ4n) is 2.06. The average Bonchev–Trinajstić information content (AvgIpc) is 2.94. The van der Waals surface area contributed by atoms with E-state index in [0.717, 1.165) is 25.1 Å². The Balaban J connectivity index is 1.49. The van der Waals surface area contributed by atoms with Crippen LogP contribution in [0.4, 0.5) is 5.69 Å². The van der Waals surface area contributed by atoms with Gasteiger partial charge in [0.05, 0.1) is 11.9 Å². The smallest absolute Gasteiger partial charge is 0.241 e. The zero-order chi connectivity index (χ0) is 13.9. The van der Waals surface area contributed by atoms with Crippen molar-refractivity contribution in [1.82, 2.24) is 19.7 Å². The number of amides is 1.